The molecule has 2 rings (SSSR count). The Bertz CT molecular complexity index is 890. The van der Waals surface area contributed by atoms with Crippen molar-refractivity contribution in [2.75, 3.05) is 0 Å². The maximum Gasteiger partial charge on any atom is 0.288 e. The fourth-order valence-electron chi connectivity index (χ4n) is 1.79. The molecular formula is C15H10Cl2N4O4S. The molecular weight excluding hydrogens is 403 g/mol. The lowest BCUT2D eigenvalue weighted by molar-refractivity contribution is -0.384. The van der Waals surface area contributed by atoms with Crippen molar-refractivity contribution >= 4 is 58.0 Å². The summed E-state index contributed by atoms with van der Waals surface area (Å²) in [5.41, 5.74) is 4.54. The van der Waals surface area contributed by atoms with Crippen LogP contribution in [0.25, 0.3) is 0 Å². The lowest BCUT2D eigenvalue weighted by Crippen LogP contribution is -2.48. The van der Waals surface area contributed by atoms with Crippen LogP contribution in [0.1, 0.15) is 20.7 Å². The van der Waals surface area contributed by atoms with Gasteiger partial charge >= 0.3 is 0 Å². The number of amides is 2. The lowest BCUT2D eigenvalue weighted by Gasteiger charge is -2.11. The van der Waals surface area contributed by atoms with Crippen molar-refractivity contribution in [3.05, 3.63) is 73.8 Å². The van der Waals surface area contributed by atoms with Crippen LogP contribution in [0.2, 0.25) is 10.0 Å². The summed E-state index contributed by atoms with van der Waals surface area (Å²) in [5, 5.41) is 13.3. The van der Waals surface area contributed by atoms with Gasteiger partial charge in [-0.1, -0.05) is 23.2 Å². The Morgan fingerprint density at radius 1 is 0.962 bits per heavy atom. The van der Waals surface area contributed by atoms with E-state index >= 15 is 0 Å². The number of rotatable bonds is 3. The fraction of sp³-hybridized carbons (Fsp3) is 0. The highest BCUT2D eigenvalue weighted by Gasteiger charge is 2.17. The smallest absolute Gasteiger partial charge is 0.288 e. The summed E-state index contributed by atoms with van der Waals surface area (Å²) in [4.78, 5) is 34.1. The van der Waals surface area contributed by atoms with Gasteiger partial charge in [-0.2, -0.15) is 0 Å². The summed E-state index contributed by atoms with van der Waals surface area (Å²) in [6.45, 7) is 0. The number of nitro benzene ring substituents is 1. The number of nitrogens with one attached hydrogen (secondary N) is 3. The molecule has 3 N–H and O–H groups in total. The number of benzene rings is 2. The molecule has 0 radical (unpaired) electrons. The Morgan fingerprint density at radius 3 is 2.19 bits per heavy atom. The van der Waals surface area contributed by atoms with E-state index in [2.05, 4.69) is 16.2 Å². The van der Waals surface area contributed by atoms with E-state index in [9.17, 15) is 19.7 Å². The molecule has 0 heterocycles. The summed E-state index contributed by atoms with van der Waals surface area (Å²) in [6, 6.07) is 9.66. The molecule has 0 aliphatic heterocycles. The van der Waals surface area contributed by atoms with Crippen LogP contribution >= 0.6 is 35.4 Å². The summed E-state index contributed by atoms with van der Waals surface area (Å²) in [6.07, 6.45) is 0. The van der Waals surface area contributed by atoms with Gasteiger partial charge < -0.3 is 0 Å². The molecule has 0 aliphatic carbocycles. The van der Waals surface area contributed by atoms with Gasteiger partial charge in [0, 0.05) is 22.2 Å². The maximum absolute atomic E-state index is 12.1. The van der Waals surface area contributed by atoms with Crippen molar-refractivity contribution in [2.24, 2.45) is 0 Å². The molecule has 8 nitrogen and oxygen atoms in total. The minimum absolute atomic E-state index is 0.0192. The monoisotopic (exact) mass is 412 g/mol. The number of carbonyl (C=O) groups is 2. The van der Waals surface area contributed by atoms with E-state index < -0.39 is 22.4 Å². The molecule has 0 saturated heterocycles. The van der Waals surface area contributed by atoms with Gasteiger partial charge in [-0.3, -0.25) is 35.9 Å². The van der Waals surface area contributed by atoms with Gasteiger partial charge in [0.25, 0.3) is 17.5 Å². The van der Waals surface area contributed by atoms with Crippen molar-refractivity contribution in [3.63, 3.8) is 0 Å². The van der Waals surface area contributed by atoms with E-state index in [1.54, 1.807) is 12.1 Å². The zero-order chi connectivity index (χ0) is 19.3. The summed E-state index contributed by atoms with van der Waals surface area (Å²) in [7, 11) is 0. The number of nitro groups is 1. The second kappa shape index (κ2) is 8.56. The van der Waals surface area contributed by atoms with Crippen LogP contribution in [0.5, 0.6) is 0 Å². The van der Waals surface area contributed by atoms with Gasteiger partial charge in [0.05, 0.1) is 4.92 Å². The molecule has 0 aliphatic rings. The normalized spacial score (nSPS) is 9.92. The number of thiocarbonyl (C=S) groups is 1. The van der Waals surface area contributed by atoms with E-state index in [-0.39, 0.29) is 15.7 Å². The molecule has 0 unspecified atom stereocenters. The minimum Gasteiger partial charge on any atom is -0.298 e. The topological polar surface area (TPSA) is 113 Å². The molecule has 0 saturated carbocycles. The highest BCUT2D eigenvalue weighted by atomic mass is 35.5. The first-order valence-electron chi connectivity index (χ1n) is 6.89. The van der Waals surface area contributed by atoms with E-state index in [4.69, 9.17) is 35.4 Å². The first-order valence-corrected chi connectivity index (χ1v) is 8.05. The SMILES string of the molecule is O=C(NNC(=S)NC(=O)c1ccc(Cl)c([N+](=O)[O-])c1)c1ccc(Cl)cc1. The van der Waals surface area contributed by atoms with Gasteiger partial charge in [0.1, 0.15) is 5.02 Å². The van der Waals surface area contributed by atoms with Crippen molar-refractivity contribution in [1.82, 2.24) is 16.2 Å². The van der Waals surface area contributed by atoms with Gasteiger partial charge in [-0.05, 0) is 48.6 Å². The average molecular weight is 413 g/mol. The molecule has 0 aromatic heterocycles. The molecule has 2 amide bonds. The second-order valence-corrected chi connectivity index (χ2v) is 6.04. The Labute approximate surface area is 162 Å². The molecule has 0 atom stereocenters. The van der Waals surface area contributed by atoms with Crippen molar-refractivity contribution < 1.29 is 14.5 Å². The number of carbonyl (C=O) groups excluding carboxylic acids is 2. The summed E-state index contributed by atoms with van der Waals surface area (Å²) >= 11 is 16.3. The third-order valence-electron chi connectivity index (χ3n) is 3.03. The lowest BCUT2D eigenvalue weighted by atomic mass is 10.2. The van der Waals surface area contributed by atoms with Crippen molar-refractivity contribution in [2.45, 2.75) is 0 Å². The molecule has 26 heavy (non-hydrogen) atoms. The summed E-state index contributed by atoms with van der Waals surface area (Å²) < 4.78 is 0. The molecule has 0 spiro atoms. The number of hydrogen-bond acceptors (Lipinski definition) is 5. The fourth-order valence-corrected chi connectivity index (χ4v) is 2.24. The largest absolute Gasteiger partial charge is 0.298 e. The zero-order valence-electron chi connectivity index (χ0n) is 12.8. The Kier molecular flexibility index (Phi) is 6.45. The predicted molar refractivity (Wildman–Crippen MR) is 100 cm³/mol. The number of halogens is 2. The quantitative estimate of drug-likeness (QED) is 0.405. The van der Waals surface area contributed by atoms with Crippen LogP contribution in [-0.2, 0) is 0 Å². The molecule has 2 aromatic carbocycles. The first-order chi connectivity index (χ1) is 12.3. The van der Waals surface area contributed by atoms with E-state index in [0.29, 0.717) is 10.6 Å². The number of hydrogen-bond donors (Lipinski definition) is 3. The van der Waals surface area contributed by atoms with E-state index in [1.165, 1.54) is 24.3 Å². The van der Waals surface area contributed by atoms with Gasteiger partial charge in [0.2, 0.25) is 0 Å². The summed E-state index contributed by atoms with van der Waals surface area (Å²) in [5.74, 6) is -1.21. The third-order valence-corrected chi connectivity index (χ3v) is 3.80. The van der Waals surface area contributed by atoms with Crippen LogP contribution in [0.4, 0.5) is 5.69 Å². The van der Waals surface area contributed by atoms with Gasteiger partial charge in [-0.15, -0.1) is 0 Å². The zero-order valence-corrected chi connectivity index (χ0v) is 15.1. The van der Waals surface area contributed by atoms with E-state index in [1.807, 2.05) is 0 Å². The average Bonchev–Trinajstić information content (AvgIpc) is 2.60. The second-order valence-electron chi connectivity index (χ2n) is 4.79. The van der Waals surface area contributed by atoms with Crippen LogP contribution in [0.15, 0.2) is 42.5 Å². The standard InChI is InChI=1S/C15H10Cl2N4O4S/c16-10-4-1-8(2-5-10)14(23)19-20-15(26)18-13(22)9-3-6-11(17)12(7-9)21(24)25/h1-7H,(H,19,23)(H2,18,20,22,26). The van der Waals surface area contributed by atoms with Crippen LogP contribution < -0.4 is 16.2 Å². The van der Waals surface area contributed by atoms with Crippen LogP contribution in [0.3, 0.4) is 0 Å². The van der Waals surface area contributed by atoms with Crippen molar-refractivity contribution in [3.8, 4) is 0 Å². The number of hydrazine groups is 1. The predicted octanol–water partition coefficient (Wildman–Crippen LogP) is 2.85. The molecule has 11 heteroatoms. The maximum atomic E-state index is 12.1. The molecule has 0 bridgehead atoms. The molecule has 0 fully saturated rings. The van der Waals surface area contributed by atoms with E-state index in [0.717, 1.165) is 6.07 Å². The highest BCUT2D eigenvalue weighted by Crippen LogP contribution is 2.24. The Morgan fingerprint density at radius 2 is 1.58 bits per heavy atom. The molecule has 2 aromatic rings. The third kappa shape index (κ3) is 5.12. The van der Waals surface area contributed by atoms with Crippen molar-refractivity contribution in [1.29, 1.82) is 0 Å². The number of nitrogens with zero attached hydrogens (tertiary/aromatic N) is 1. The van der Waals surface area contributed by atoms with Gasteiger partial charge in [-0.25, -0.2) is 0 Å². The first kappa shape index (κ1) is 19.6. The minimum atomic E-state index is -0.706. The highest BCUT2D eigenvalue weighted by molar-refractivity contribution is 7.80. The molecule has 134 valence electrons. The van der Waals surface area contributed by atoms with Gasteiger partial charge in [0.15, 0.2) is 5.11 Å². The Hall–Kier alpha value is -2.75. The Balaban J connectivity index is 1.94. The van der Waals surface area contributed by atoms with Crippen LogP contribution in [0, 0.1) is 10.1 Å². The van der Waals surface area contributed by atoms with Crippen LogP contribution in [-0.4, -0.2) is 21.9 Å².